The Labute approximate surface area is 93.0 Å². The molecule has 0 aliphatic heterocycles. The molecule has 4 N–H and O–H groups in total. The first-order valence-corrected chi connectivity index (χ1v) is 5.42. The standard InChI is InChI=1S/C11H15N3O2/c12-8-4-1-5-9(8)14-11(16)7-3-2-6-13-10(7)15/h2-3,6,8-9H,1,4-5,12H2,(H,13,15)(H,14,16). The van der Waals surface area contributed by atoms with Gasteiger partial charge in [0.2, 0.25) is 0 Å². The molecule has 1 aliphatic carbocycles. The van der Waals surface area contributed by atoms with E-state index in [9.17, 15) is 9.59 Å². The van der Waals surface area contributed by atoms with Gasteiger partial charge in [-0.2, -0.15) is 0 Å². The zero-order valence-electron chi connectivity index (χ0n) is 8.90. The summed E-state index contributed by atoms with van der Waals surface area (Å²) in [6.45, 7) is 0. The zero-order chi connectivity index (χ0) is 11.5. The Balaban J connectivity index is 2.09. The minimum Gasteiger partial charge on any atom is -0.348 e. The summed E-state index contributed by atoms with van der Waals surface area (Å²) < 4.78 is 0. The van der Waals surface area contributed by atoms with Crippen LogP contribution in [0.15, 0.2) is 23.1 Å². The van der Waals surface area contributed by atoms with Crippen molar-refractivity contribution in [2.24, 2.45) is 5.73 Å². The lowest BCUT2D eigenvalue weighted by atomic mass is 10.1. The molecule has 2 atom stereocenters. The first kappa shape index (κ1) is 10.9. The number of aromatic amines is 1. The van der Waals surface area contributed by atoms with Crippen molar-refractivity contribution in [1.29, 1.82) is 0 Å². The molecule has 1 fully saturated rings. The maximum absolute atomic E-state index is 11.8. The second-order valence-electron chi connectivity index (χ2n) is 4.09. The smallest absolute Gasteiger partial charge is 0.260 e. The largest absolute Gasteiger partial charge is 0.348 e. The number of amides is 1. The zero-order valence-corrected chi connectivity index (χ0v) is 8.90. The van der Waals surface area contributed by atoms with Crippen molar-refractivity contribution in [3.05, 3.63) is 34.2 Å². The predicted octanol–water partition coefficient (Wildman–Crippen LogP) is -0.0155. The van der Waals surface area contributed by atoms with Gasteiger partial charge in [-0.3, -0.25) is 9.59 Å². The van der Waals surface area contributed by atoms with E-state index in [1.807, 2.05) is 0 Å². The van der Waals surface area contributed by atoms with Crippen LogP contribution in [0.25, 0.3) is 0 Å². The summed E-state index contributed by atoms with van der Waals surface area (Å²) in [6, 6.07) is 3.14. The minimum absolute atomic E-state index is 0.00624. The maximum atomic E-state index is 11.8. The average molecular weight is 221 g/mol. The molecule has 0 radical (unpaired) electrons. The molecule has 0 bridgehead atoms. The van der Waals surface area contributed by atoms with E-state index < -0.39 is 0 Å². The Kier molecular flexibility index (Phi) is 3.05. The van der Waals surface area contributed by atoms with E-state index in [4.69, 9.17) is 5.73 Å². The van der Waals surface area contributed by atoms with E-state index >= 15 is 0 Å². The number of aromatic nitrogens is 1. The fraction of sp³-hybridized carbons (Fsp3) is 0.455. The highest BCUT2D eigenvalue weighted by Crippen LogP contribution is 2.17. The van der Waals surface area contributed by atoms with E-state index in [1.54, 1.807) is 6.07 Å². The lowest BCUT2D eigenvalue weighted by Crippen LogP contribution is -2.45. The Morgan fingerprint density at radius 2 is 2.31 bits per heavy atom. The molecular weight excluding hydrogens is 206 g/mol. The molecule has 1 heterocycles. The van der Waals surface area contributed by atoms with Crippen molar-refractivity contribution in [3.8, 4) is 0 Å². The van der Waals surface area contributed by atoms with Gasteiger partial charge in [0.15, 0.2) is 0 Å². The van der Waals surface area contributed by atoms with Gasteiger partial charge in [0.05, 0.1) is 0 Å². The summed E-state index contributed by atoms with van der Waals surface area (Å²) in [5, 5.41) is 2.80. The van der Waals surface area contributed by atoms with Gasteiger partial charge >= 0.3 is 0 Å². The summed E-state index contributed by atoms with van der Waals surface area (Å²) in [7, 11) is 0. The Hall–Kier alpha value is -1.62. The number of carbonyl (C=O) groups excluding carboxylic acids is 1. The van der Waals surface area contributed by atoms with Gasteiger partial charge < -0.3 is 16.0 Å². The minimum atomic E-state index is -0.369. The van der Waals surface area contributed by atoms with Gasteiger partial charge in [0, 0.05) is 18.3 Å². The van der Waals surface area contributed by atoms with E-state index in [1.165, 1.54) is 12.3 Å². The SMILES string of the molecule is NC1CCCC1NC(=O)c1ccc[nH]c1=O. The fourth-order valence-electron chi connectivity index (χ4n) is 2.01. The second-order valence-corrected chi connectivity index (χ2v) is 4.09. The number of hydrogen-bond acceptors (Lipinski definition) is 3. The Morgan fingerprint density at radius 3 is 2.94 bits per heavy atom. The lowest BCUT2D eigenvalue weighted by molar-refractivity contribution is 0.0933. The average Bonchev–Trinajstić information content (AvgIpc) is 2.65. The topological polar surface area (TPSA) is 88.0 Å². The fourth-order valence-corrected chi connectivity index (χ4v) is 2.01. The summed E-state index contributed by atoms with van der Waals surface area (Å²) in [5.74, 6) is -0.343. The number of hydrogen-bond donors (Lipinski definition) is 3. The van der Waals surface area contributed by atoms with E-state index in [0.29, 0.717) is 0 Å². The van der Waals surface area contributed by atoms with Crippen LogP contribution >= 0.6 is 0 Å². The number of nitrogens with one attached hydrogen (secondary N) is 2. The Bertz CT molecular complexity index is 441. The molecule has 86 valence electrons. The molecule has 1 aromatic rings. The summed E-state index contributed by atoms with van der Waals surface area (Å²) >= 11 is 0. The van der Waals surface area contributed by atoms with Gasteiger partial charge in [-0.05, 0) is 31.4 Å². The van der Waals surface area contributed by atoms with Gasteiger partial charge in [0.1, 0.15) is 5.56 Å². The van der Waals surface area contributed by atoms with Crippen molar-refractivity contribution in [1.82, 2.24) is 10.3 Å². The van der Waals surface area contributed by atoms with Crippen LogP contribution in [0.4, 0.5) is 0 Å². The van der Waals surface area contributed by atoms with E-state index in [2.05, 4.69) is 10.3 Å². The third-order valence-corrected chi connectivity index (χ3v) is 2.95. The molecule has 1 amide bonds. The molecule has 1 aliphatic rings. The third kappa shape index (κ3) is 2.14. The maximum Gasteiger partial charge on any atom is 0.260 e. The van der Waals surface area contributed by atoms with Crippen molar-refractivity contribution in [2.45, 2.75) is 31.3 Å². The molecule has 2 rings (SSSR count). The molecule has 5 heteroatoms. The Morgan fingerprint density at radius 1 is 1.50 bits per heavy atom. The molecule has 1 aromatic heterocycles. The van der Waals surface area contributed by atoms with Crippen LogP contribution in [0.5, 0.6) is 0 Å². The number of pyridine rings is 1. The van der Waals surface area contributed by atoms with Crippen LogP contribution in [0.1, 0.15) is 29.6 Å². The summed E-state index contributed by atoms with van der Waals surface area (Å²) in [6.07, 6.45) is 4.34. The molecule has 16 heavy (non-hydrogen) atoms. The molecule has 1 saturated carbocycles. The molecule has 0 spiro atoms. The highest BCUT2D eigenvalue weighted by Gasteiger charge is 2.26. The molecule has 5 nitrogen and oxygen atoms in total. The quantitative estimate of drug-likeness (QED) is 0.656. The molecule has 0 aromatic carbocycles. The van der Waals surface area contributed by atoms with Crippen LogP contribution in [0.3, 0.4) is 0 Å². The van der Waals surface area contributed by atoms with E-state index in [-0.39, 0.29) is 29.1 Å². The lowest BCUT2D eigenvalue weighted by Gasteiger charge is -2.16. The number of carbonyl (C=O) groups is 1. The van der Waals surface area contributed by atoms with Gasteiger partial charge in [0.25, 0.3) is 11.5 Å². The first-order chi connectivity index (χ1) is 7.68. The highest BCUT2D eigenvalue weighted by atomic mass is 16.2. The van der Waals surface area contributed by atoms with Crippen LogP contribution in [-0.4, -0.2) is 23.0 Å². The van der Waals surface area contributed by atoms with Crippen LogP contribution < -0.4 is 16.6 Å². The number of H-pyrrole nitrogens is 1. The number of rotatable bonds is 2. The summed E-state index contributed by atoms with van der Waals surface area (Å²) in [4.78, 5) is 25.6. The molecular formula is C11H15N3O2. The first-order valence-electron chi connectivity index (χ1n) is 5.42. The monoisotopic (exact) mass is 221 g/mol. The van der Waals surface area contributed by atoms with Crippen molar-refractivity contribution < 1.29 is 4.79 Å². The molecule has 2 unspecified atom stereocenters. The normalized spacial score (nSPS) is 24.3. The predicted molar refractivity (Wildman–Crippen MR) is 60.1 cm³/mol. The highest BCUT2D eigenvalue weighted by molar-refractivity contribution is 5.94. The van der Waals surface area contributed by atoms with Crippen LogP contribution in [0.2, 0.25) is 0 Å². The summed E-state index contributed by atoms with van der Waals surface area (Å²) in [5.41, 5.74) is 5.61. The number of nitrogens with two attached hydrogens (primary N) is 1. The van der Waals surface area contributed by atoms with Crippen molar-refractivity contribution >= 4 is 5.91 Å². The third-order valence-electron chi connectivity index (χ3n) is 2.95. The van der Waals surface area contributed by atoms with Crippen LogP contribution in [0, 0.1) is 0 Å². The van der Waals surface area contributed by atoms with Crippen molar-refractivity contribution in [2.75, 3.05) is 0 Å². The van der Waals surface area contributed by atoms with Gasteiger partial charge in [-0.1, -0.05) is 0 Å². The van der Waals surface area contributed by atoms with Crippen molar-refractivity contribution in [3.63, 3.8) is 0 Å². The van der Waals surface area contributed by atoms with Gasteiger partial charge in [-0.25, -0.2) is 0 Å². The second kappa shape index (κ2) is 4.49. The van der Waals surface area contributed by atoms with Crippen LogP contribution in [-0.2, 0) is 0 Å². The molecule has 0 saturated heterocycles. The van der Waals surface area contributed by atoms with Gasteiger partial charge in [-0.15, -0.1) is 0 Å². The van der Waals surface area contributed by atoms with E-state index in [0.717, 1.165) is 19.3 Å².